The normalized spacial score (nSPS) is 16.6. The molecule has 3 N–H and O–H groups in total. The molecule has 6 heteroatoms. The monoisotopic (exact) mass is 336 g/mol. The van der Waals surface area contributed by atoms with Crippen molar-refractivity contribution in [3.63, 3.8) is 0 Å². The van der Waals surface area contributed by atoms with Gasteiger partial charge in [0.2, 0.25) is 5.91 Å². The molecule has 0 saturated carbocycles. The molecule has 4 rings (SSSR count). The molecule has 1 aliphatic carbocycles. The summed E-state index contributed by atoms with van der Waals surface area (Å²) < 4.78 is 0. The first kappa shape index (κ1) is 15.6. The second-order valence-electron chi connectivity index (χ2n) is 6.57. The fourth-order valence-corrected chi connectivity index (χ4v) is 3.55. The smallest absolute Gasteiger partial charge is 0.264 e. The van der Waals surface area contributed by atoms with Crippen molar-refractivity contribution >= 4 is 16.8 Å². The fraction of sp³-hybridized carbons (Fsp3) is 0.316. The van der Waals surface area contributed by atoms with Gasteiger partial charge in [-0.15, -0.1) is 0 Å². The van der Waals surface area contributed by atoms with Crippen molar-refractivity contribution in [3.8, 4) is 0 Å². The number of hydrogen-bond donors (Lipinski definition) is 3. The molecule has 25 heavy (non-hydrogen) atoms. The first-order chi connectivity index (χ1) is 12.2. The SMILES string of the molecule is O=C(CCc1c[nH]c2ccccc12)NC1CCc2n[nH]c(=O)cc2C1. The zero-order chi connectivity index (χ0) is 17.2. The highest BCUT2D eigenvalue weighted by molar-refractivity contribution is 5.84. The van der Waals surface area contributed by atoms with Crippen molar-refractivity contribution in [2.75, 3.05) is 0 Å². The van der Waals surface area contributed by atoms with Gasteiger partial charge in [-0.3, -0.25) is 9.59 Å². The van der Waals surface area contributed by atoms with Gasteiger partial charge < -0.3 is 10.3 Å². The van der Waals surface area contributed by atoms with Crippen LogP contribution in [0.1, 0.15) is 29.7 Å². The van der Waals surface area contributed by atoms with Crippen LogP contribution in [0.3, 0.4) is 0 Å². The van der Waals surface area contributed by atoms with Gasteiger partial charge >= 0.3 is 0 Å². The van der Waals surface area contributed by atoms with Gasteiger partial charge in [0.05, 0.1) is 5.69 Å². The van der Waals surface area contributed by atoms with Crippen LogP contribution in [0.2, 0.25) is 0 Å². The van der Waals surface area contributed by atoms with E-state index in [1.54, 1.807) is 6.07 Å². The maximum absolute atomic E-state index is 12.3. The minimum Gasteiger partial charge on any atom is -0.361 e. The average Bonchev–Trinajstić information content (AvgIpc) is 3.03. The van der Waals surface area contributed by atoms with Gasteiger partial charge in [0.1, 0.15) is 0 Å². The number of para-hydroxylation sites is 1. The number of hydrogen-bond acceptors (Lipinski definition) is 3. The van der Waals surface area contributed by atoms with Gasteiger partial charge in [-0.05, 0) is 42.9 Å². The number of carbonyl (C=O) groups is 1. The molecule has 6 nitrogen and oxygen atoms in total. The van der Waals surface area contributed by atoms with Crippen LogP contribution < -0.4 is 10.9 Å². The van der Waals surface area contributed by atoms with E-state index in [2.05, 4.69) is 26.6 Å². The number of amides is 1. The molecular formula is C19H20N4O2. The van der Waals surface area contributed by atoms with E-state index in [0.717, 1.165) is 35.2 Å². The molecule has 128 valence electrons. The third kappa shape index (κ3) is 3.33. The lowest BCUT2D eigenvalue weighted by molar-refractivity contribution is -0.121. The van der Waals surface area contributed by atoms with Crippen LogP contribution in [-0.2, 0) is 24.1 Å². The van der Waals surface area contributed by atoms with Crippen molar-refractivity contribution in [3.05, 3.63) is 63.7 Å². The predicted octanol–water partition coefficient (Wildman–Crippen LogP) is 1.86. The van der Waals surface area contributed by atoms with E-state index in [-0.39, 0.29) is 17.5 Å². The molecule has 0 spiro atoms. The van der Waals surface area contributed by atoms with E-state index in [1.165, 1.54) is 5.39 Å². The molecule has 0 bridgehead atoms. The Morgan fingerprint density at radius 2 is 2.20 bits per heavy atom. The summed E-state index contributed by atoms with van der Waals surface area (Å²) in [6, 6.07) is 9.78. The summed E-state index contributed by atoms with van der Waals surface area (Å²) in [6.07, 6.45) is 5.45. The highest BCUT2D eigenvalue weighted by Crippen LogP contribution is 2.20. The average molecular weight is 336 g/mol. The van der Waals surface area contributed by atoms with Crippen LogP contribution in [0, 0.1) is 0 Å². The van der Waals surface area contributed by atoms with E-state index in [0.29, 0.717) is 19.3 Å². The van der Waals surface area contributed by atoms with Crippen molar-refractivity contribution in [2.45, 2.75) is 38.1 Å². The first-order valence-corrected chi connectivity index (χ1v) is 8.61. The molecule has 3 aromatic rings. The van der Waals surface area contributed by atoms with Crippen LogP contribution >= 0.6 is 0 Å². The lowest BCUT2D eigenvalue weighted by Crippen LogP contribution is -2.39. The molecule has 0 radical (unpaired) electrons. The Bertz CT molecular complexity index is 973. The highest BCUT2D eigenvalue weighted by atomic mass is 16.1. The zero-order valence-electron chi connectivity index (χ0n) is 13.8. The summed E-state index contributed by atoms with van der Waals surface area (Å²) in [6.45, 7) is 0. The van der Waals surface area contributed by atoms with E-state index >= 15 is 0 Å². The van der Waals surface area contributed by atoms with E-state index in [4.69, 9.17) is 0 Å². The summed E-state index contributed by atoms with van der Waals surface area (Å²) in [5.41, 5.74) is 3.95. The standard InChI is InChI=1S/C19H20N4O2/c24-18(8-5-12-11-20-17-4-2-1-3-15(12)17)21-14-6-7-16-13(9-14)10-19(25)23-22-16/h1-4,10-11,14,20H,5-9H2,(H,21,24)(H,23,25). The van der Waals surface area contributed by atoms with E-state index in [1.807, 2.05) is 24.4 Å². The second-order valence-corrected chi connectivity index (χ2v) is 6.57. The highest BCUT2D eigenvalue weighted by Gasteiger charge is 2.21. The lowest BCUT2D eigenvalue weighted by Gasteiger charge is -2.24. The summed E-state index contributed by atoms with van der Waals surface area (Å²) in [5, 5.41) is 10.8. The van der Waals surface area contributed by atoms with Gasteiger partial charge in [0.15, 0.2) is 0 Å². The van der Waals surface area contributed by atoms with Crippen LogP contribution in [0.25, 0.3) is 10.9 Å². The number of carbonyl (C=O) groups excluding carboxylic acids is 1. The number of benzene rings is 1. The molecule has 1 unspecified atom stereocenters. The molecule has 0 saturated heterocycles. The molecular weight excluding hydrogens is 316 g/mol. The number of nitrogens with one attached hydrogen (secondary N) is 3. The topological polar surface area (TPSA) is 90.6 Å². The Morgan fingerprint density at radius 3 is 3.12 bits per heavy atom. The third-order valence-corrected chi connectivity index (χ3v) is 4.83. The Hall–Kier alpha value is -2.89. The molecule has 0 aliphatic heterocycles. The number of nitrogens with zero attached hydrogens (tertiary/aromatic N) is 1. The summed E-state index contributed by atoms with van der Waals surface area (Å²) >= 11 is 0. The number of aryl methyl sites for hydroxylation is 2. The molecule has 2 heterocycles. The van der Waals surface area contributed by atoms with Gasteiger partial charge in [0.25, 0.3) is 5.56 Å². The summed E-state index contributed by atoms with van der Waals surface area (Å²) in [4.78, 5) is 27.0. The summed E-state index contributed by atoms with van der Waals surface area (Å²) in [5.74, 6) is 0.0523. The fourth-order valence-electron chi connectivity index (χ4n) is 3.55. The van der Waals surface area contributed by atoms with Crippen LogP contribution in [0.15, 0.2) is 41.3 Å². The first-order valence-electron chi connectivity index (χ1n) is 8.61. The van der Waals surface area contributed by atoms with Crippen LogP contribution in [-0.4, -0.2) is 27.1 Å². The Labute approximate surface area is 144 Å². The maximum Gasteiger partial charge on any atom is 0.264 e. The van der Waals surface area contributed by atoms with Crippen molar-refractivity contribution < 1.29 is 4.79 Å². The van der Waals surface area contributed by atoms with Gasteiger partial charge in [-0.2, -0.15) is 5.10 Å². The van der Waals surface area contributed by atoms with Crippen molar-refractivity contribution in [2.24, 2.45) is 0 Å². The Balaban J connectivity index is 1.36. The Morgan fingerprint density at radius 1 is 1.32 bits per heavy atom. The number of aromatic nitrogens is 3. The molecule has 1 amide bonds. The quantitative estimate of drug-likeness (QED) is 0.679. The molecule has 1 atom stereocenters. The Kier molecular flexibility index (Phi) is 4.09. The third-order valence-electron chi connectivity index (χ3n) is 4.83. The number of H-pyrrole nitrogens is 2. The lowest BCUT2D eigenvalue weighted by atomic mass is 9.92. The predicted molar refractivity (Wildman–Crippen MR) is 95.4 cm³/mol. The largest absolute Gasteiger partial charge is 0.361 e. The zero-order valence-corrected chi connectivity index (χ0v) is 13.8. The minimum atomic E-state index is -0.190. The van der Waals surface area contributed by atoms with Crippen LogP contribution in [0.5, 0.6) is 0 Å². The maximum atomic E-state index is 12.3. The molecule has 1 aromatic carbocycles. The number of rotatable bonds is 4. The van der Waals surface area contributed by atoms with Gasteiger partial charge in [-0.1, -0.05) is 18.2 Å². The van der Waals surface area contributed by atoms with Crippen molar-refractivity contribution in [1.82, 2.24) is 20.5 Å². The molecule has 2 aromatic heterocycles. The summed E-state index contributed by atoms with van der Waals surface area (Å²) in [7, 11) is 0. The van der Waals surface area contributed by atoms with E-state index < -0.39 is 0 Å². The van der Waals surface area contributed by atoms with Gasteiger partial charge in [-0.25, -0.2) is 5.10 Å². The number of aromatic amines is 2. The van der Waals surface area contributed by atoms with Crippen molar-refractivity contribution in [1.29, 1.82) is 0 Å². The number of fused-ring (bicyclic) bond motifs is 2. The molecule has 0 fully saturated rings. The molecule has 1 aliphatic rings. The van der Waals surface area contributed by atoms with E-state index in [9.17, 15) is 9.59 Å². The van der Waals surface area contributed by atoms with Crippen LogP contribution in [0.4, 0.5) is 0 Å². The van der Waals surface area contributed by atoms with Gasteiger partial charge in [0, 0.05) is 35.6 Å². The minimum absolute atomic E-state index is 0.0523. The second kappa shape index (κ2) is 6.55.